The second-order valence-electron chi connectivity index (χ2n) is 6.43. The lowest BCUT2D eigenvalue weighted by Gasteiger charge is -2.22. The maximum Gasteiger partial charge on any atom is 0.126 e. The molecule has 2 heterocycles. The summed E-state index contributed by atoms with van der Waals surface area (Å²) in [6.07, 6.45) is 2.02. The summed E-state index contributed by atoms with van der Waals surface area (Å²) in [4.78, 5) is 3.38. The Balaban J connectivity index is 1.67. The summed E-state index contributed by atoms with van der Waals surface area (Å²) in [7, 11) is 1.70. The van der Waals surface area contributed by atoms with Gasteiger partial charge in [0.15, 0.2) is 0 Å². The van der Waals surface area contributed by atoms with Crippen LogP contribution in [0.3, 0.4) is 0 Å². The summed E-state index contributed by atoms with van der Waals surface area (Å²) in [6.45, 7) is 4.31. The van der Waals surface area contributed by atoms with Crippen LogP contribution in [0.1, 0.15) is 13.8 Å². The van der Waals surface area contributed by atoms with Crippen molar-refractivity contribution in [1.82, 2.24) is 10.5 Å². The minimum atomic E-state index is 0.377. The van der Waals surface area contributed by atoms with Crippen molar-refractivity contribution in [2.75, 3.05) is 17.5 Å². The van der Waals surface area contributed by atoms with Crippen molar-refractivity contribution in [3.63, 3.8) is 0 Å². The molecule has 3 aromatic rings. The van der Waals surface area contributed by atoms with Crippen molar-refractivity contribution in [2.45, 2.75) is 19.9 Å². The fourth-order valence-corrected chi connectivity index (χ4v) is 3.20. The summed E-state index contributed by atoms with van der Waals surface area (Å²) in [6, 6.07) is 17.0. The predicted octanol–water partition coefficient (Wildman–Crippen LogP) is 4.42. The van der Waals surface area contributed by atoms with Gasteiger partial charge in [-0.25, -0.2) is 0 Å². The zero-order valence-electron chi connectivity index (χ0n) is 14.6. The van der Waals surface area contributed by atoms with Crippen molar-refractivity contribution in [3.8, 4) is 28.1 Å². The largest absolute Gasteiger partial charge is 0.496 e. The normalized spacial score (nSPS) is 13.0. The highest BCUT2D eigenvalue weighted by Crippen LogP contribution is 2.36. The zero-order valence-corrected chi connectivity index (χ0v) is 14.6. The molecule has 1 aromatic heterocycles. The van der Waals surface area contributed by atoms with E-state index in [2.05, 4.69) is 65.1 Å². The standard InChI is InChI=1S/C20H22N4O/c1-13(2)24-19-9-8-14(10-18(19)22-23-24)17-11-15(12-21-17)16-6-4-5-7-20(16)25-3/h4-13,21-23H,1-3H3. The van der Waals surface area contributed by atoms with Gasteiger partial charge in [-0.2, -0.15) is 0 Å². The number of fused-ring (bicyclic) bond motifs is 1. The van der Waals surface area contributed by atoms with Crippen molar-refractivity contribution in [3.05, 3.63) is 54.7 Å². The second-order valence-corrected chi connectivity index (χ2v) is 6.43. The smallest absolute Gasteiger partial charge is 0.126 e. The molecule has 0 atom stereocenters. The van der Waals surface area contributed by atoms with Gasteiger partial charge in [-0.3, -0.25) is 5.01 Å². The SMILES string of the molecule is COc1ccccc1-c1c[nH]c(-c2ccc3c(c2)NNN3C(C)C)c1. The van der Waals surface area contributed by atoms with Crippen LogP contribution in [-0.2, 0) is 0 Å². The molecule has 0 bridgehead atoms. The van der Waals surface area contributed by atoms with E-state index in [1.807, 2.05) is 24.4 Å². The lowest BCUT2D eigenvalue weighted by atomic mass is 10.1. The van der Waals surface area contributed by atoms with E-state index in [-0.39, 0.29) is 0 Å². The summed E-state index contributed by atoms with van der Waals surface area (Å²) in [5.74, 6) is 0.875. The minimum Gasteiger partial charge on any atom is -0.496 e. The molecule has 25 heavy (non-hydrogen) atoms. The molecular weight excluding hydrogens is 312 g/mol. The molecule has 0 aliphatic carbocycles. The van der Waals surface area contributed by atoms with Gasteiger partial charge in [0.1, 0.15) is 5.75 Å². The third-order valence-electron chi connectivity index (χ3n) is 4.50. The first-order chi connectivity index (χ1) is 12.2. The summed E-state index contributed by atoms with van der Waals surface area (Å²) in [5, 5.41) is 2.12. The number of hydrazine groups is 2. The molecule has 0 spiro atoms. The minimum absolute atomic E-state index is 0.377. The Morgan fingerprint density at radius 3 is 2.64 bits per heavy atom. The number of aromatic nitrogens is 1. The van der Waals surface area contributed by atoms with Gasteiger partial charge in [0.05, 0.1) is 18.5 Å². The first-order valence-corrected chi connectivity index (χ1v) is 8.44. The van der Waals surface area contributed by atoms with Crippen LogP contribution in [0.2, 0.25) is 0 Å². The van der Waals surface area contributed by atoms with Crippen molar-refractivity contribution in [1.29, 1.82) is 0 Å². The highest BCUT2D eigenvalue weighted by molar-refractivity contribution is 5.81. The van der Waals surface area contributed by atoms with Gasteiger partial charge in [0.2, 0.25) is 0 Å². The van der Waals surface area contributed by atoms with E-state index in [1.165, 1.54) is 0 Å². The van der Waals surface area contributed by atoms with E-state index in [4.69, 9.17) is 4.74 Å². The number of nitrogens with one attached hydrogen (secondary N) is 3. The number of methoxy groups -OCH3 is 1. The molecule has 0 saturated heterocycles. The van der Waals surface area contributed by atoms with Crippen LogP contribution in [0.15, 0.2) is 54.7 Å². The van der Waals surface area contributed by atoms with Crippen LogP contribution >= 0.6 is 0 Å². The Bertz CT molecular complexity index is 900. The highest BCUT2D eigenvalue weighted by atomic mass is 16.5. The molecule has 0 fully saturated rings. The molecule has 2 aromatic carbocycles. The zero-order chi connectivity index (χ0) is 17.4. The molecule has 1 aliphatic rings. The molecular formula is C20H22N4O. The number of hydrogen-bond donors (Lipinski definition) is 3. The number of hydrogen-bond acceptors (Lipinski definition) is 4. The summed E-state index contributed by atoms with van der Waals surface area (Å²) >= 11 is 0. The van der Waals surface area contributed by atoms with Crippen LogP contribution < -0.4 is 20.7 Å². The van der Waals surface area contributed by atoms with E-state index in [9.17, 15) is 0 Å². The molecule has 5 heteroatoms. The number of H-pyrrole nitrogens is 1. The molecule has 5 nitrogen and oxygen atoms in total. The number of para-hydroxylation sites is 1. The van der Waals surface area contributed by atoms with E-state index in [0.717, 1.165) is 39.5 Å². The Morgan fingerprint density at radius 1 is 1.00 bits per heavy atom. The second kappa shape index (κ2) is 6.18. The molecule has 128 valence electrons. The number of rotatable bonds is 4. The van der Waals surface area contributed by atoms with Gasteiger partial charge in [-0.05, 0) is 38.1 Å². The fraction of sp³-hybridized carbons (Fsp3) is 0.200. The molecule has 0 amide bonds. The van der Waals surface area contributed by atoms with E-state index in [0.29, 0.717) is 6.04 Å². The third-order valence-corrected chi connectivity index (χ3v) is 4.50. The van der Waals surface area contributed by atoms with Crippen LogP contribution in [0, 0.1) is 0 Å². The third kappa shape index (κ3) is 2.72. The van der Waals surface area contributed by atoms with Crippen LogP contribution in [0.4, 0.5) is 11.4 Å². The Labute approximate surface area is 147 Å². The van der Waals surface area contributed by atoms with Crippen LogP contribution in [0.25, 0.3) is 22.4 Å². The lowest BCUT2D eigenvalue weighted by molar-refractivity contribution is 0.416. The molecule has 0 saturated carbocycles. The van der Waals surface area contributed by atoms with Gasteiger partial charge in [0, 0.05) is 34.6 Å². The number of anilines is 2. The maximum atomic E-state index is 5.47. The van der Waals surface area contributed by atoms with Crippen molar-refractivity contribution >= 4 is 11.4 Å². The lowest BCUT2D eigenvalue weighted by Crippen LogP contribution is -2.41. The Kier molecular flexibility index (Phi) is 3.86. The molecule has 1 aliphatic heterocycles. The molecule has 0 radical (unpaired) electrons. The Morgan fingerprint density at radius 2 is 1.84 bits per heavy atom. The molecule has 0 unspecified atom stereocenters. The topological polar surface area (TPSA) is 52.3 Å². The molecule has 3 N–H and O–H groups in total. The van der Waals surface area contributed by atoms with Gasteiger partial charge < -0.3 is 15.1 Å². The average molecular weight is 334 g/mol. The number of benzene rings is 2. The summed E-state index contributed by atoms with van der Waals surface area (Å²) in [5.41, 5.74) is 13.1. The van der Waals surface area contributed by atoms with Crippen LogP contribution in [0.5, 0.6) is 5.75 Å². The maximum absolute atomic E-state index is 5.47. The number of ether oxygens (including phenoxy) is 1. The van der Waals surface area contributed by atoms with E-state index < -0.39 is 0 Å². The number of aromatic amines is 1. The van der Waals surface area contributed by atoms with Crippen molar-refractivity contribution in [2.24, 2.45) is 0 Å². The van der Waals surface area contributed by atoms with Gasteiger partial charge >= 0.3 is 0 Å². The predicted molar refractivity (Wildman–Crippen MR) is 103 cm³/mol. The fourth-order valence-electron chi connectivity index (χ4n) is 3.20. The van der Waals surface area contributed by atoms with Crippen LogP contribution in [-0.4, -0.2) is 18.1 Å². The Hall–Kier alpha value is -2.92. The summed E-state index contributed by atoms with van der Waals surface area (Å²) < 4.78 is 5.47. The van der Waals surface area contributed by atoms with Gasteiger partial charge in [-0.1, -0.05) is 24.3 Å². The van der Waals surface area contributed by atoms with Crippen molar-refractivity contribution < 1.29 is 4.74 Å². The quantitative estimate of drug-likeness (QED) is 0.661. The van der Waals surface area contributed by atoms with Gasteiger partial charge in [-0.15, -0.1) is 5.53 Å². The first kappa shape index (κ1) is 15.6. The van der Waals surface area contributed by atoms with E-state index in [1.54, 1.807) is 7.11 Å². The number of nitrogens with zero attached hydrogens (tertiary/aromatic N) is 1. The molecule has 4 rings (SSSR count). The van der Waals surface area contributed by atoms with E-state index >= 15 is 0 Å². The highest BCUT2D eigenvalue weighted by Gasteiger charge is 2.21. The first-order valence-electron chi connectivity index (χ1n) is 8.44. The van der Waals surface area contributed by atoms with Gasteiger partial charge in [0.25, 0.3) is 0 Å². The average Bonchev–Trinajstić information content (AvgIpc) is 3.28. The monoisotopic (exact) mass is 334 g/mol.